The molecule has 23 heavy (non-hydrogen) atoms. The number of rotatable bonds is 8. The zero-order valence-electron chi connectivity index (χ0n) is 14.8. The highest BCUT2D eigenvalue weighted by Gasteiger charge is 2.36. The molecule has 1 aliphatic carbocycles. The molecule has 1 N–H and O–H groups in total. The Labute approximate surface area is 141 Å². The lowest BCUT2D eigenvalue weighted by Gasteiger charge is -2.35. The summed E-state index contributed by atoms with van der Waals surface area (Å²) in [7, 11) is 0. The number of unbranched alkanes of at least 4 members (excludes halogenated alkanes) is 1. The van der Waals surface area contributed by atoms with Gasteiger partial charge < -0.3 is 5.11 Å². The van der Waals surface area contributed by atoms with E-state index in [0.717, 1.165) is 44.9 Å². The minimum atomic E-state index is -0.559. The van der Waals surface area contributed by atoms with Crippen molar-refractivity contribution in [2.24, 2.45) is 17.8 Å². The first-order chi connectivity index (χ1) is 11.2. The molecule has 1 aliphatic rings. The number of carboxylic acid groups (broad SMARTS) is 1. The monoisotopic (exact) mass is 316 g/mol. The molecule has 0 aliphatic heterocycles. The zero-order chi connectivity index (χ0) is 16.7. The van der Waals surface area contributed by atoms with Crippen LogP contribution in [0, 0.1) is 17.8 Å². The smallest absolute Gasteiger partial charge is 0.307 e. The fourth-order valence-corrected chi connectivity index (χ4v) is 4.25. The molecule has 2 nitrogen and oxygen atoms in total. The molecule has 0 amide bonds. The molecular formula is C21H32O2. The van der Waals surface area contributed by atoms with Gasteiger partial charge in [0.25, 0.3) is 0 Å². The Kier molecular flexibility index (Phi) is 7.14. The maximum Gasteiger partial charge on any atom is 0.307 e. The van der Waals surface area contributed by atoms with Crippen LogP contribution in [-0.2, 0) is 17.6 Å². The Bertz CT molecular complexity index is 477. The van der Waals surface area contributed by atoms with Gasteiger partial charge in [-0.05, 0) is 61.5 Å². The minimum absolute atomic E-state index is 0.0995. The number of carbonyl (C=O) groups is 1. The van der Waals surface area contributed by atoms with Crippen LogP contribution in [0.1, 0.15) is 69.9 Å². The molecule has 2 heteroatoms. The van der Waals surface area contributed by atoms with E-state index in [1.54, 1.807) is 0 Å². The van der Waals surface area contributed by atoms with Crippen molar-refractivity contribution in [2.75, 3.05) is 0 Å². The maximum absolute atomic E-state index is 11.6. The topological polar surface area (TPSA) is 37.3 Å². The first-order valence-electron chi connectivity index (χ1n) is 9.46. The van der Waals surface area contributed by atoms with E-state index < -0.39 is 5.97 Å². The second-order valence-electron chi connectivity index (χ2n) is 7.14. The third-order valence-electron chi connectivity index (χ3n) is 5.70. The maximum atomic E-state index is 11.6. The van der Waals surface area contributed by atoms with E-state index in [1.807, 2.05) is 0 Å². The number of carboxylic acids is 1. The van der Waals surface area contributed by atoms with Gasteiger partial charge in [-0.3, -0.25) is 4.79 Å². The summed E-state index contributed by atoms with van der Waals surface area (Å²) in [5.74, 6) is 0.135. The van der Waals surface area contributed by atoms with Gasteiger partial charge in [-0.25, -0.2) is 0 Å². The highest BCUT2D eigenvalue weighted by atomic mass is 16.4. The first kappa shape index (κ1) is 18.0. The highest BCUT2D eigenvalue weighted by molar-refractivity contribution is 5.70. The van der Waals surface area contributed by atoms with E-state index in [2.05, 4.69) is 38.1 Å². The third kappa shape index (κ3) is 5.09. The molecule has 1 aromatic rings. The van der Waals surface area contributed by atoms with Crippen molar-refractivity contribution < 1.29 is 9.90 Å². The molecule has 3 atom stereocenters. The van der Waals surface area contributed by atoms with Crippen molar-refractivity contribution in [3.8, 4) is 0 Å². The minimum Gasteiger partial charge on any atom is -0.481 e. The molecule has 1 fully saturated rings. The van der Waals surface area contributed by atoms with Crippen molar-refractivity contribution in [2.45, 2.75) is 71.6 Å². The lowest BCUT2D eigenvalue weighted by molar-refractivity contribution is -0.147. The Hall–Kier alpha value is -1.31. The predicted octanol–water partition coefficient (Wildman–Crippen LogP) is 5.49. The largest absolute Gasteiger partial charge is 0.481 e. The van der Waals surface area contributed by atoms with Crippen LogP contribution in [0.5, 0.6) is 0 Å². The molecule has 0 aromatic heterocycles. The average molecular weight is 316 g/mol. The molecule has 1 aromatic carbocycles. The number of hydrogen-bond acceptors (Lipinski definition) is 1. The van der Waals surface area contributed by atoms with Crippen LogP contribution in [0.25, 0.3) is 0 Å². The molecule has 0 bridgehead atoms. The zero-order valence-corrected chi connectivity index (χ0v) is 14.8. The Balaban J connectivity index is 1.78. The summed E-state index contributed by atoms with van der Waals surface area (Å²) in [5, 5.41) is 9.59. The molecule has 128 valence electrons. The van der Waals surface area contributed by atoms with Crippen LogP contribution in [-0.4, -0.2) is 11.1 Å². The van der Waals surface area contributed by atoms with Gasteiger partial charge >= 0.3 is 5.97 Å². The first-order valence-corrected chi connectivity index (χ1v) is 9.46. The van der Waals surface area contributed by atoms with E-state index in [0.29, 0.717) is 11.8 Å². The quantitative estimate of drug-likeness (QED) is 0.644. The molecule has 0 saturated heterocycles. The van der Waals surface area contributed by atoms with Crippen molar-refractivity contribution in [3.05, 3.63) is 35.4 Å². The van der Waals surface area contributed by atoms with Gasteiger partial charge in [0.05, 0.1) is 5.92 Å². The van der Waals surface area contributed by atoms with Gasteiger partial charge in [0.2, 0.25) is 0 Å². The van der Waals surface area contributed by atoms with Crippen LogP contribution in [0.3, 0.4) is 0 Å². The van der Waals surface area contributed by atoms with Crippen LogP contribution in [0.15, 0.2) is 24.3 Å². The molecule has 0 spiro atoms. The number of aliphatic carboxylic acids is 1. The number of hydrogen-bond donors (Lipinski definition) is 1. The fourth-order valence-electron chi connectivity index (χ4n) is 4.25. The third-order valence-corrected chi connectivity index (χ3v) is 5.70. The number of benzene rings is 1. The van der Waals surface area contributed by atoms with Gasteiger partial charge in [-0.2, -0.15) is 0 Å². The molecule has 1 saturated carbocycles. The lowest BCUT2D eigenvalue weighted by atomic mass is 9.69. The van der Waals surface area contributed by atoms with E-state index in [-0.39, 0.29) is 5.92 Å². The SMILES string of the molecule is CCc1ccc(CCCCC2CCCC(CC)C2C(=O)O)cc1. The molecule has 2 rings (SSSR count). The number of aryl methyl sites for hydroxylation is 2. The highest BCUT2D eigenvalue weighted by Crippen LogP contribution is 2.39. The van der Waals surface area contributed by atoms with Crippen molar-refractivity contribution in [3.63, 3.8) is 0 Å². The Morgan fingerprint density at radius 2 is 1.70 bits per heavy atom. The van der Waals surface area contributed by atoms with Crippen LogP contribution in [0.2, 0.25) is 0 Å². The van der Waals surface area contributed by atoms with Crippen molar-refractivity contribution in [1.82, 2.24) is 0 Å². The predicted molar refractivity (Wildman–Crippen MR) is 95.6 cm³/mol. The van der Waals surface area contributed by atoms with E-state index in [4.69, 9.17) is 0 Å². The summed E-state index contributed by atoms with van der Waals surface area (Å²) in [6.07, 6.45) is 10.1. The summed E-state index contributed by atoms with van der Waals surface area (Å²) in [4.78, 5) is 11.6. The standard InChI is InChI=1S/C21H32O2/c1-3-16-12-14-17(15-13-16)8-5-6-9-19-11-7-10-18(4-2)20(19)21(22)23/h12-15,18-20H,3-11H2,1-2H3,(H,22,23). The molecule has 0 heterocycles. The van der Waals surface area contributed by atoms with E-state index in [9.17, 15) is 9.90 Å². The second-order valence-corrected chi connectivity index (χ2v) is 7.14. The molecule has 0 radical (unpaired) electrons. The summed E-state index contributed by atoms with van der Waals surface area (Å²) in [6, 6.07) is 8.94. The van der Waals surface area contributed by atoms with E-state index >= 15 is 0 Å². The summed E-state index contributed by atoms with van der Waals surface area (Å²) in [5.41, 5.74) is 2.80. The van der Waals surface area contributed by atoms with E-state index in [1.165, 1.54) is 24.0 Å². The Morgan fingerprint density at radius 3 is 2.30 bits per heavy atom. The van der Waals surface area contributed by atoms with Crippen LogP contribution < -0.4 is 0 Å². The van der Waals surface area contributed by atoms with Gasteiger partial charge in [0.1, 0.15) is 0 Å². The van der Waals surface area contributed by atoms with Crippen molar-refractivity contribution in [1.29, 1.82) is 0 Å². The van der Waals surface area contributed by atoms with Gasteiger partial charge in [0.15, 0.2) is 0 Å². The van der Waals surface area contributed by atoms with Crippen LogP contribution in [0.4, 0.5) is 0 Å². The Morgan fingerprint density at radius 1 is 1.04 bits per heavy atom. The van der Waals surface area contributed by atoms with Crippen molar-refractivity contribution >= 4 is 5.97 Å². The lowest BCUT2D eigenvalue weighted by Crippen LogP contribution is -2.34. The average Bonchev–Trinajstić information content (AvgIpc) is 2.58. The molecule has 3 unspecified atom stereocenters. The van der Waals surface area contributed by atoms with Crippen LogP contribution >= 0.6 is 0 Å². The molecular weight excluding hydrogens is 284 g/mol. The summed E-state index contributed by atoms with van der Waals surface area (Å²) < 4.78 is 0. The summed E-state index contributed by atoms with van der Waals surface area (Å²) in [6.45, 7) is 4.32. The second kappa shape index (κ2) is 9.10. The van der Waals surface area contributed by atoms with Gasteiger partial charge in [-0.15, -0.1) is 0 Å². The summed E-state index contributed by atoms with van der Waals surface area (Å²) >= 11 is 0. The van der Waals surface area contributed by atoms with Gasteiger partial charge in [0, 0.05) is 0 Å². The normalized spacial score (nSPS) is 24.5. The fraction of sp³-hybridized carbons (Fsp3) is 0.667. The van der Waals surface area contributed by atoms with Gasteiger partial charge in [-0.1, -0.05) is 57.4 Å².